The standard InChI is InChI=1S/C25H21N5O5S/c1-34-16-9-7-15(8-10-16)23-18-13-17(35-2)11-12-20(18)29(25-28-27-22(14-31)36-25)24(23)26-19-5-3-4-6-21(19)30(32)33/h3-13,26,31H,14H2,1-2H3. The van der Waals surface area contributed by atoms with Crippen molar-refractivity contribution in [2.45, 2.75) is 6.61 Å². The Bertz CT molecular complexity index is 1560. The molecule has 0 aliphatic carbocycles. The van der Waals surface area contributed by atoms with Crippen molar-refractivity contribution < 1.29 is 19.5 Å². The van der Waals surface area contributed by atoms with Crippen LogP contribution in [0.1, 0.15) is 5.01 Å². The first-order valence-electron chi connectivity index (χ1n) is 10.8. The second-order valence-corrected chi connectivity index (χ2v) is 8.75. The Labute approximate surface area is 209 Å². The number of nitro groups is 1. The molecule has 5 aromatic rings. The number of methoxy groups -OCH3 is 2. The van der Waals surface area contributed by atoms with Gasteiger partial charge in [0.15, 0.2) is 0 Å². The van der Waals surface area contributed by atoms with Crippen molar-refractivity contribution in [1.29, 1.82) is 0 Å². The quantitative estimate of drug-likeness (QED) is 0.216. The van der Waals surface area contributed by atoms with Crippen LogP contribution in [0.4, 0.5) is 17.2 Å². The van der Waals surface area contributed by atoms with Crippen molar-refractivity contribution in [2.24, 2.45) is 0 Å². The van der Waals surface area contributed by atoms with E-state index in [0.717, 1.165) is 22.0 Å². The maximum Gasteiger partial charge on any atom is 0.292 e. The number of aliphatic hydroxyl groups excluding tert-OH is 1. The van der Waals surface area contributed by atoms with E-state index in [9.17, 15) is 15.2 Å². The van der Waals surface area contributed by atoms with Crippen LogP contribution in [0.3, 0.4) is 0 Å². The minimum absolute atomic E-state index is 0.0686. The summed E-state index contributed by atoms with van der Waals surface area (Å²) in [6.45, 7) is -0.247. The zero-order valence-electron chi connectivity index (χ0n) is 19.3. The number of hydrogen-bond donors (Lipinski definition) is 2. The molecule has 0 fully saturated rings. The van der Waals surface area contributed by atoms with Crippen molar-refractivity contribution in [3.63, 3.8) is 0 Å². The monoisotopic (exact) mass is 503 g/mol. The fourth-order valence-corrected chi connectivity index (χ4v) is 4.75. The molecule has 0 unspecified atom stereocenters. The number of hydrogen-bond acceptors (Lipinski definition) is 9. The third kappa shape index (κ3) is 4.10. The van der Waals surface area contributed by atoms with Crippen LogP contribution in [0, 0.1) is 10.1 Å². The first kappa shape index (κ1) is 23.3. The van der Waals surface area contributed by atoms with Crippen molar-refractivity contribution in [3.05, 3.63) is 81.9 Å². The third-order valence-corrected chi connectivity index (χ3v) is 6.58. The van der Waals surface area contributed by atoms with Gasteiger partial charge >= 0.3 is 0 Å². The van der Waals surface area contributed by atoms with Crippen molar-refractivity contribution in [3.8, 4) is 27.8 Å². The molecule has 182 valence electrons. The Morgan fingerprint density at radius 1 is 1.03 bits per heavy atom. The molecule has 0 saturated heterocycles. The number of nitro benzene ring substituents is 1. The van der Waals surface area contributed by atoms with E-state index in [2.05, 4.69) is 15.5 Å². The van der Waals surface area contributed by atoms with Gasteiger partial charge in [0.25, 0.3) is 5.69 Å². The summed E-state index contributed by atoms with van der Waals surface area (Å²) in [5, 5.41) is 34.8. The molecule has 5 rings (SSSR count). The molecular weight excluding hydrogens is 482 g/mol. The molecule has 36 heavy (non-hydrogen) atoms. The van der Waals surface area contributed by atoms with Crippen molar-refractivity contribution in [1.82, 2.24) is 14.8 Å². The molecule has 0 atom stereocenters. The molecule has 2 N–H and O–H groups in total. The molecule has 0 radical (unpaired) electrons. The van der Waals surface area contributed by atoms with Gasteiger partial charge in [-0.15, -0.1) is 10.2 Å². The lowest BCUT2D eigenvalue weighted by Crippen LogP contribution is -2.03. The fraction of sp³-hybridized carbons (Fsp3) is 0.120. The van der Waals surface area contributed by atoms with Crippen LogP contribution in [-0.2, 0) is 6.61 Å². The molecule has 3 aromatic carbocycles. The predicted octanol–water partition coefficient (Wildman–Crippen LogP) is 5.31. The number of fused-ring (bicyclic) bond motifs is 1. The van der Waals surface area contributed by atoms with Crippen LogP contribution in [0.25, 0.3) is 27.2 Å². The number of aliphatic hydroxyl groups is 1. The number of aromatic nitrogens is 3. The summed E-state index contributed by atoms with van der Waals surface area (Å²) >= 11 is 1.23. The normalized spacial score (nSPS) is 11.0. The SMILES string of the molecule is COc1ccc(-c2c(Nc3ccccc3[N+](=O)[O-])n(-c3nnc(CO)s3)c3ccc(OC)cc23)cc1. The van der Waals surface area contributed by atoms with Crippen molar-refractivity contribution in [2.75, 3.05) is 19.5 Å². The molecule has 2 aromatic heterocycles. The summed E-state index contributed by atoms with van der Waals surface area (Å²) < 4.78 is 12.7. The number of ether oxygens (including phenoxy) is 2. The zero-order chi connectivity index (χ0) is 25.2. The molecule has 0 saturated carbocycles. The summed E-state index contributed by atoms with van der Waals surface area (Å²) in [7, 11) is 3.19. The molecular formula is C25H21N5O5S. The molecule has 0 bridgehead atoms. The molecule has 0 aliphatic rings. The van der Waals surface area contributed by atoms with E-state index in [1.165, 1.54) is 17.4 Å². The van der Waals surface area contributed by atoms with Gasteiger partial charge in [-0.1, -0.05) is 35.6 Å². The van der Waals surface area contributed by atoms with Gasteiger partial charge in [0.05, 0.1) is 31.3 Å². The lowest BCUT2D eigenvalue weighted by molar-refractivity contribution is -0.383. The topological polar surface area (TPSA) is 125 Å². The van der Waals surface area contributed by atoms with E-state index in [4.69, 9.17) is 9.47 Å². The van der Waals surface area contributed by atoms with E-state index in [1.807, 2.05) is 47.0 Å². The van der Waals surface area contributed by atoms with Gasteiger partial charge in [0, 0.05) is 17.0 Å². The summed E-state index contributed by atoms with van der Waals surface area (Å²) in [6.07, 6.45) is 0. The lowest BCUT2D eigenvalue weighted by atomic mass is 10.0. The molecule has 11 heteroatoms. The lowest BCUT2D eigenvalue weighted by Gasteiger charge is -2.13. The van der Waals surface area contributed by atoms with Gasteiger partial charge in [0.2, 0.25) is 5.13 Å². The Morgan fingerprint density at radius 3 is 2.42 bits per heavy atom. The Kier molecular flexibility index (Phi) is 6.23. The summed E-state index contributed by atoms with van der Waals surface area (Å²) in [5.74, 6) is 1.91. The number of benzene rings is 3. The van der Waals surface area contributed by atoms with Gasteiger partial charge in [-0.3, -0.25) is 14.7 Å². The first-order chi connectivity index (χ1) is 17.5. The van der Waals surface area contributed by atoms with Gasteiger partial charge in [-0.2, -0.15) is 0 Å². The van der Waals surface area contributed by atoms with E-state index in [-0.39, 0.29) is 12.3 Å². The maximum atomic E-state index is 11.8. The van der Waals surface area contributed by atoms with Crippen LogP contribution in [0.5, 0.6) is 11.5 Å². The number of nitrogens with one attached hydrogen (secondary N) is 1. The third-order valence-electron chi connectivity index (χ3n) is 5.69. The molecule has 0 spiro atoms. The fourth-order valence-electron chi connectivity index (χ4n) is 4.03. The number of nitrogens with zero attached hydrogens (tertiary/aromatic N) is 4. The minimum atomic E-state index is -0.430. The van der Waals surface area contributed by atoms with Crippen LogP contribution in [0.2, 0.25) is 0 Å². The second-order valence-electron chi connectivity index (χ2n) is 7.71. The largest absolute Gasteiger partial charge is 0.497 e. The average Bonchev–Trinajstić information content (AvgIpc) is 3.50. The number of anilines is 2. The minimum Gasteiger partial charge on any atom is -0.497 e. The molecule has 0 amide bonds. The highest BCUT2D eigenvalue weighted by Gasteiger charge is 2.25. The Morgan fingerprint density at radius 2 is 1.75 bits per heavy atom. The highest BCUT2D eigenvalue weighted by molar-refractivity contribution is 7.13. The molecule has 10 nitrogen and oxygen atoms in total. The highest BCUT2D eigenvalue weighted by atomic mass is 32.1. The summed E-state index contributed by atoms with van der Waals surface area (Å²) in [4.78, 5) is 11.3. The summed E-state index contributed by atoms with van der Waals surface area (Å²) in [6, 6.07) is 19.6. The zero-order valence-corrected chi connectivity index (χ0v) is 20.2. The maximum absolute atomic E-state index is 11.8. The first-order valence-corrected chi connectivity index (χ1v) is 11.7. The molecule has 2 heterocycles. The van der Waals surface area contributed by atoms with E-state index < -0.39 is 4.92 Å². The number of para-hydroxylation sites is 2. The van der Waals surface area contributed by atoms with Gasteiger partial charge in [-0.25, -0.2) is 0 Å². The summed E-state index contributed by atoms with van der Waals surface area (Å²) in [5.41, 5.74) is 2.66. The molecule has 0 aliphatic heterocycles. The van der Waals surface area contributed by atoms with E-state index in [1.54, 1.807) is 32.4 Å². The second kappa shape index (κ2) is 9.64. The van der Waals surface area contributed by atoms with Crippen LogP contribution < -0.4 is 14.8 Å². The average molecular weight is 504 g/mol. The van der Waals surface area contributed by atoms with E-state index in [0.29, 0.717) is 33.1 Å². The Balaban J connectivity index is 1.85. The van der Waals surface area contributed by atoms with Crippen LogP contribution >= 0.6 is 11.3 Å². The number of rotatable bonds is 8. The highest BCUT2D eigenvalue weighted by Crippen LogP contribution is 2.44. The van der Waals surface area contributed by atoms with Crippen LogP contribution in [0.15, 0.2) is 66.7 Å². The Hall–Kier alpha value is -4.48. The predicted molar refractivity (Wildman–Crippen MR) is 138 cm³/mol. The van der Waals surface area contributed by atoms with Gasteiger partial charge in [0.1, 0.15) is 28.0 Å². The smallest absolute Gasteiger partial charge is 0.292 e. The van der Waals surface area contributed by atoms with Gasteiger partial charge < -0.3 is 19.9 Å². The van der Waals surface area contributed by atoms with Crippen molar-refractivity contribution >= 4 is 39.4 Å². The van der Waals surface area contributed by atoms with E-state index >= 15 is 0 Å². The van der Waals surface area contributed by atoms with Gasteiger partial charge in [-0.05, 0) is 42.0 Å². The van der Waals surface area contributed by atoms with Crippen LogP contribution in [-0.4, -0.2) is 39.0 Å².